The van der Waals surface area contributed by atoms with Gasteiger partial charge in [-0.05, 0) is 44.8 Å². The van der Waals surface area contributed by atoms with Crippen molar-refractivity contribution in [2.75, 3.05) is 27.2 Å². The lowest BCUT2D eigenvalue weighted by Crippen LogP contribution is -2.34. The molecule has 1 fully saturated rings. The van der Waals surface area contributed by atoms with Crippen molar-refractivity contribution in [1.82, 2.24) is 9.80 Å². The molecule has 2 rings (SSSR count). The van der Waals surface area contributed by atoms with Gasteiger partial charge in [0.15, 0.2) is 0 Å². The highest BCUT2D eigenvalue weighted by Crippen LogP contribution is 2.17. The fraction of sp³-hybridized carbons (Fsp3) is 0.462. The van der Waals surface area contributed by atoms with Gasteiger partial charge in [-0.2, -0.15) is 0 Å². The summed E-state index contributed by atoms with van der Waals surface area (Å²) in [5.41, 5.74) is 0.716. The van der Waals surface area contributed by atoms with Gasteiger partial charge in [0.1, 0.15) is 0 Å². The number of halogens is 1. The number of likely N-dealkylation sites (tertiary alicyclic amines) is 1. The number of hydrogen-bond acceptors (Lipinski definition) is 2. The zero-order chi connectivity index (χ0) is 12.4. The Bertz CT molecular complexity index is 402. The number of likely N-dealkylation sites (N-methyl/N-ethyl adjacent to an activating group) is 1. The van der Waals surface area contributed by atoms with Crippen LogP contribution in [0.1, 0.15) is 16.8 Å². The fourth-order valence-electron chi connectivity index (χ4n) is 2.12. The molecule has 1 unspecified atom stereocenters. The van der Waals surface area contributed by atoms with E-state index in [4.69, 9.17) is 11.6 Å². The molecule has 0 spiro atoms. The van der Waals surface area contributed by atoms with Crippen LogP contribution in [0.4, 0.5) is 0 Å². The number of hydrogen-bond donors (Lipinski definition) is 0. The van der Waals surface area contributed by atoms with Crippen molar-refractivity contribution in [2.24, 2.45) is 0 Å². The van der Waals surface area contributed by atoms with Gasteiger partial charge in [0.05, 0.1) is 0 Å². The number of amides is 1. The Hall–Kier alpha value is -1.06. The standard InChI is InChI=1S/C13H17ClN2O/c1-15(2)12-7-8-16(9-12)13(17)10-3-5-11(14)6-4-10/h3-6,12H,7-9H2,1-2H3. The van der Waals surface area contributed by atoms with Gasteiger partial charge in [-0.3, -0.25) is 4.79 Å². The Balaban J connectivity index is 2.04. The van der Waals surface area contributed by atoms with Crippen LogP contribution in [0.2, 0.25) is 5.02 Å². The van der Waals surface area contributed by atoms with Crippen LogP contribution in [0.25, 0.3) is 0 Å². The number of benzene rings is 1. The molecular formula is C13H17ClN2O. The summed E-state index contributed by atoms with van der Waals surface area (Å²) in [5.74, 6) is 0.103. The van der Waals surface area contributed by atoms with Gasteiger partial charge in [-0.15, -0.1) is 0 Å². The molecule has 1 amide bonds. The van der Waals surface area contributed by atoms with Crippen LogP contribution in [-0.2, 0) is 0 Å². The van der Waals surface area contributed by atoms with Gasteiger partial charge < -0.3 is 9.80 Å². The van der Waals surface area contributed by atoms with Crippen LogP contribution >= 0.6 is 11.6 Å². The van der Waals surface area contributed by atoms with Crippen LogP contribution in [0.3, 0.4) is 0 Å². The van der Waals surface area contributed by atoms with E-state index in [-0.39, 0.29) is 5.91 Å². The second kappa shape index (κ2) is 5.07. The third-order valence-corrected chi connectivity index (χ3v) is 3.52. The molecule has 0 bridgehead atoms. The van der Waals surface area contributed by atoms with E-state index >= 15 is 0 Å². The first-order chi connectivity index (χ1) is 8.08. The average Bonchev–Trinajstić information content (AvgIpc) is 2.78. The van der Waals surface area contributed by atoms with Crippen molar-refractivity contribution < 1.29 is 4.79 Å². The number of rotatable bonds is 2. The molecule has 1 aliphatic heterocycles. The van der Waals surface area contributed by atoms with Crippen molar-refractivity contribution in [3.8, 4) is 0 Å². The molecule has 3 nitrogen and oxygen atoms in total. The number of carbonyl (C=O) groups is 1. The van der Waals surface area contributed by atoms with Gasteiger partial charge in [-0.25, -0.2) is 0 Å². The van der Waals surface area contributed by atoms with Crippen LogP contribution in [0.5, 0.6) is 0 Å². The van der Waals surface area contributed by atoms with Crippen molar-refractivity contribution in [3.63, 3.8) is 0 Å². The summed E-state index contributed by atoms with van der Waals surface area (Å²) >= 11 is 5.81. The molecule has 1 heterocycles. The molecule has 0 saturated carbocycles. The quantitative estimate of drug-likeness (QED) is 0.805. The Labute approximate surface area is 107 Å². The average molecular weight is 253 g/mol. The predicted molar refractivity (Wildman–Crippen MR) is 69.4 cm³/mol. The van der Waals surface area contributed by atoms with Gasteiger partial charge in [0, 0.05) is 29.7 Å². The minimum atomic E-state index is 0.103. The molecule has 1 aromatic rings. The molecular weight excluding hydrogens is 236 g/mol. The Morgan fingerprint density at radius 1 is 1.35 bits per heavy atom. The molecule has 1 aromatic carbocycles. The Morgan fingerprint density at radius 3 is 2.53 bits per heavy atom. The Kier molecular flexibility index (Phi) is 3.69. The largest absolute Gasteiger partial charge is 0.337 e. The maximum absolute atomic E-state index is 12.2. The molecule has 0 radical (unpaired) electrons. The zero-order valence-electron chi connectivity index (χ0n) is 10.2. The van der Waals surface area contributed by atoms with Crippen molar-refractivity contribution in [1.29, 1.82) is 0 Å². The van der Waals surface area contributed by atoms with E-state index < -0.39 is 0 Å². The lowest BCUT2D eigenvalue weighted by Gasteiger charge is -2.20. The predicted octanol–water partition coefficient (Wildman–Crippen LogP) is 2.12. The van der Waals surface area contributed by atoms with Crippen LogP contribution in [0.15, 0.2) is 24.3 Å². The molecule has 0 aliphatic carbocycles. The smallest absolute Gasteiger partial charge is 0.253 e. The molecule has 0 aromatic heterocycles. The van der Waals surface area contributed by atoms with Crippen molar-refractivity contribution in [3.05, 3.63) is 34.9 Å². The number of carbonyl (C=O) groups excluding carboxylic acids is 1. The van der Waals surface area contributed by atoms with Gasteiger partial charge >= 0.3 is 0 Å². The molecule has 17 heavy (non-hydrogen) atoms. The topological polar surface area (TPSA) is 23.6 Å². The second-order valence-electron chi connectivity index (χ2n) is 4.66. The van der Waals surface area contributed by atoms with Crippen molar-refractivity contribution in [2.45, 2.75) is 12.5 Å². The maximum atomic E-state index is 12.2. The summed E-state index contributed by atoms with van der Waals surface area (Å²) in [6, 6.07) is 7.57. The third kappa shape index (κ3) is 2.79. The van der Waals surface area contributed by atoms with E-state index in [9.17, 15) is 4.79 Å². The SMILES string of the molecule is CN(C)C1CCN(C(=O)c2ccc(Cl)cc2)C1. The maximum Gasteiger partial charge on any atom is 0.253 e. The highest BCUT2D eigenvalue weighted by atomic mass is 35.5. The minimum Gasteiger partial charge on any atom is -0.337 e. The lowest BCUT2D eigenvalue weighted by atomic mass is 10.2. The highest BCUT2D eigenvalue weighted by molar-refractivity contribution is 6.30. The molecule has 0 N–H and O–H groups in total. The zero-order valence-corrected chi connectivity index (χ0v) is 10.9. The first kappa shape index (κ1) is 12.4. The first-order valence-corrected chi connectivity index (χ1v) is 6.17. The molecule has 1 aliphatic rings. The normalized spacial score (nSPS) is 20.0. The van der Waals surface area contributed by atoms with E-state index in [0.717, 1.165) is 19.5 Å². The lowest BCUT2D eigenvalue weighted by molar-refractivity contribution is 0.0783. The summed E-state index contributed by atoms with van der Waals surface area (Å²) in [6.45, 7) is 1.65. The molecule has 1 atom stereocenters. The van der Waals surface area contributed by atoms with Crippen LogP contribution < -0.4 is 0 Å². The van der Waals surface area contributed by atoms with Crippen LogP contribution in [-0.4, -0.2) is 48.9 Å². The molecule has 1 saturated heterocycles. The summed E-state index contributed by atoms with van der Waals surface area (Å²) in [4.78, 5) is 16.3. The summed E-state index contributed by atoms with van der Waals surface area (Å²) in [6.07, 6.45) is 1.05. The van der Waals surface area contributed by atoms with Crippen molar-refractivity contribution >= 4 is 17.5 Å². The molecule has 92 valence electrons. The van der Waals surface area contributed by atoms with Gasteiger partial charge in [0.2, 0.25) is 0 Å². The van der Waals surface area contributed by atoms with E-state index in [1.165, 1.54) is 0 Å². The summed E-state index contributed by atoms with van der Waals surface area (Å²) < 4.78 is 0. The van der Waals surface area contributed by atoms with E-state index in [0.29, 0.717) is 16.6 Å². The van der Waals surface area contributed by atoms with Crippen LogP contribution in [0, 0.1) is 0 Å². The van der Waals surface area contributed by atoms with Gasteiger partial charge in [0.25, 0.3) is 5.91 Å². The second-order valence-corrected chi connectivity index (χ2v) is 5.10. The fourth-order valence-corrected chi connectivity index (χ4v) is 2.25. The van der Waals surface area contributed by atoms with E-state index in [1.54, 1.807) is 24.3 Å². The van der Waals surface area contributed by atoms with E-state index in [2.05, 4.69) is 19.0 Å². The highest BCUT2D eigenvalue weighted by Gasteiger charge is 2.27. The minimum absolute atomic E-state index is 0.103. The first-order valence-electron chi connectivity index (χ1n) is 5.79. The van der Waals surface area contributed by atoms with Gasteiger partial charge in [-0.1, -0.05) is 11.6 Å². The summed E-state index contributed by atoms with van der Waals surface area (Å²) in [7, 11) is 4.11. The summed E-state index contributed by atoms with van der Waals surface area (Å²) in [5, 5.41) is 0.661. The number of nitrogens with zero attached hydrogens (tertiary/aromatic N) is 2. The molecule has 4 heteroatoms. The third-order valence-electron chi connectivity index (χ3n) is 3.27. The monoisotopic (exact) mass is 252 g/mol. The Morgan fingerprint density at radius 2 is 2.00 bits per heavy atom. The van der Waals surface area contributed by atoms with E-state index in [1.807, 2.05) is 4.90 Å².